The standard InChI is InChI=1S/C19H25NO2/c1-12-3-4-16(8-17(12)22-2)18(21)20-19-9-13-5-14(10-19)7-15(6-13)11-19/h3-4,8,13-15H,5-7,9-11H2,1-2H3,(H,20,21). The van der Waals surface area contributed by atoms with E-state index >= 15 is 0 Å². The summed E-state index contributed by atoms with van der Waals surface area (Å²) < 4.78 is 5.35. The third-order valence-corrected chi connectivity index (χ3v) is 6.09. The lowest BCUT2D eigenvalue weighted by Gasteiger charge is -2.56. The van der Waals surface area contributed by atoms with E-state index in [0.29, 0.717) is 0 Å². The van der Waals surface area contributed by atoms with Gasteiger partial charge in [0.1, 0.15) is 5.75 Å². The Morgan fingerprint density at radius 1 is 1.14 bits per heavy atom. The summed E-state index contributed by atoms with van der Waals surface area (Å²) in [4.78, 5) is 12.7. The van der Waals surface area contributed by atoms with Gasteiger partial charge in [0.05, 0.1) is 7.11 Å². The van der Waals surface area contributed by atoms with E-state index in [1.165, 1.54) is 38.5 Å². The summed E-state index contributed by atoms with van der Waals surface area (Å²) in [5.74, 6) is 3.40. The molecule has 4 bridgehead atoms. The first-order chi connectivity index (χ1) is 10.6. The average Bonchev–Trinajstić information content (AvgIpc) is 2.45. The van der Waals surface area contributed by atoms with Gasteiger partial charge in [0, 0.05) is 11.1 Å². The molecule has 4 saturated carbocycles. The van der Waals surface area contributed by atoms with Crippen molar-refractivity contribution in [3.8, 4) is 5.75 Å². The summed E-state index contributed by atoms with van der Waals surface area (Å²) in [5.41, 5.74) is 1.86. The summed E-state index contributed by atoms with van der Waals surface area (Å²) in [6.07, 6.45) is 7.75. The Balaban J connectivity index is 1.55. The van der Waals surface area contributed by atoms with E-state index in [2.05, 4.69) is 5.32 Å². The van der Waals surface area contributed by atoms with Crippen LogP contribution in [0.1, 0.15) is 54.4 Å². The number of rotatable bonds is 3. The lowest BCUT2D eigenvalue weighted by atomic mass is 9.53. The topological polar surface area (TPSA) is 38.3 Å². The van der Waals surface area contributed by atoms with Crippen molar-refractivity contribution in [2.75, 3.05) is 7.11 Å². The van der Waals surface area contributed by atoms with E-state index in [1.807, 2.05) is 25.1 Å². The van der Waals surface area contributed by atoms with Crippen molar-refractivity contribution in [1.29, 1.82) is 0 Å². The largest absolute Gasteiger partial charge is 0.496 e. The molecule has 4 aliphatic rings. The van der Waals surface area contributed by atoms with Gasteiger partial charge in [0.2, 0.25) is 0 Å². The molecule has 4 aliphatic carbocycles. The maximum atomic E-state index is 12.7. The first-order valence-corrected chi connectivity index (χ1v) is 8.54. The normalized spacial score (nSPS) is 35.5. The van der Waals surface area contributed by atoms with Crippen LogP contribution in [0.3, 0.4) is 0 Å². The van der Waals surface area contributed by atoms with Crippen LogP contribution in [0.15, 0.2) is 18.2 Å². The van der Waals surface area contributed by atoms with Crippen LogP contribution in [-0.4, -0.2) is 18.6 Å². The van der Waals surface area contributed by atoms with Gasteiger partial charge in [-0.1, -0.05) is 6.07 Å². The third kappa shape index (κ3) is 2.31. The van der Waals surface area contributed by atoms with E-state index in [4.69, 9.17) is 4.74 Å². The Kier molecular flexibility index (Phi) is 3.21. The van der Waals surface area contributed by atoms with Crippen LogP contribution < -0.4 is 10.1 Å². The van der Waals surface area contributed by atoms with Gasteiger partial charge >= 0.3 is 0 Å². The molecule has 1 amide bonds. The number of benzene rings is 1. The Labute approximate surface area is 132 Å². The van der Waals surface area contributed by atoms with Gasteiger partial charge < -0.3 is 10.1 Å². The molecule has 1 aromatic carbocycles. The van der Waals surface area contributed by atoms with Crippen molar-refractivity contribution in [2.24, 2.45) is 17.8 Å². The molecule has 0 spiro atoms. The van der Waals surface area contributed by atoms with E-state index in [0.717, 1.165) is 34.6 Å². The minimum Gasteiger partial charge on any atom is -0.496 e. The van der Waals surface area contributed by atoms with E-state index in [9.17, 15) is 4.79 Å². The van der Waals surface area contributed by atoms with Gasteiger partial charge in [-0.15, -0.1) is 0 Å². The molecule has 22 heavy (non-hydrogen) atoms. The molecule has 118 valence electrons. The van der Waals surface area contributed by atoms with Gasteiger partial charge in [0.25, 0.3) is 5.91 Å². The number of carbonyl (C=O) groups excluding carboxylic acids is 1. The molecule has 0 radical (unpaired) electrons. The number of nitrogens with one attached hydrogen (secondary N) is 1. The molecule has 3 nitrogen and oxygen atoms in total. The zero-order valence-electron chi connectivity index (χ0n) is 13.5. The van der Waals surface area contributed by atoms with Gasteiger partial charge in [0.15, 0.2) is 0 Å². The Morgan fingerprint density at radius 2 is 1.73 bits per heavy atom. The van der Waals surface area contributed by atoms with Crippen LogP contribution in [0.25, 0.3) is 0 Å². The number of hydrogen-bond donors (Lipinski definition) is 1. The molecular weight excluding hydrogens is 274 g/mol. The summed E-state index contributed by atoms with van der Waals surface area (Å²) in [6, 6.07) is 5.74. The molecule has 1 N–H and O–H groups in total. The number of ether oxygens (including phenoxy) is 1. The van der Waals surface area contributed by atoms with Crippen molar-refractivity contribution >= 4 is 5.91 Å². The minimum absolute atomic E-state index is 0.0697. The third-order valence-electron chi connectivity index (χ3n) is 6.09. The molecule has 1 aromatic rings. The van der Waals surface area contributed by atoms with Crippen LogP contribution in [0.5, 0.6) is 5.75 Å². The lowest BCUT2D eigenvalue weighted by Crippen LogP contribution is -2.59. The fourth-order valence-corrected chi connectivity index (χ4v) is 5.54. The highest BCUT2D eigenvalue weighted by Crippen LogP contribution is 2.55. The first-order valence-electron chi connectivity index (χ1n) is 8.54. The maximum Gasteiger partial charge on any atom is 0.251 e. The van der Waals surface area contributed by atoms with Crippen LogP contribution >= 0.6 is 0 Å². The molecule has 0 saturated heterocycles. The average molecular weight is 299 g/mol. The highest BCUT2D eigenvalue weighted by molar-refractivity contribution is 5.95. The minimum atomic E-state index is 0.0697. The Morgan fingerprint density at radius 3 is 2.27 bits per heavy atom. The Hall–Kier alpha value is -1.51. The second kappa shape index (κ2) is 5.00. The molecule has 0 aromatic heterocycles. The van der Waals surface area contributed by atoms with E-state index < -0.39 is 0 Å². The molecule has 3 heteroatoms. The van der Waals surface area contributed by atoms with Crippen molar-refractivity contribution in [3.63, 3.8) is 0 Å². The predicted molar refractivity (Wildman–Crippen MR) is 86.1 cm³/mol. The molecule has 4 fully saturated rings. The maximum absolute atomic E-state index is 12.7. The van der Waals surface area contributed by atoms with Crippen LogP contribution in [0, 0.1) is 24.7 Å². The molecule has 5 rings (SSSR count). The summed E-state index contributed by atoms with van der Waals surface area (Å²) in [5, 5.41) is 3.42. The zero-order valence-corrected chi connectivity index (χ0v) is 13.5. The summed E-state index contributed by atoms with van der Waals surface area (Å²) in [7, 11) is 1.66. The smallest absolute Gasteiger partial charge is 0.251 e. The van der Waals surface area contributed by atoms with E-state index in [1.54, 1.807) is 7.11 Å². The van der Waals surface area contributed by atoms with Crippen molar-refractivity contribution in [2.45, 2.75) is 51.0 Å². The molecule has 0 unspecified atom stereocenters. The van der Waals surface area contributed by atoms with Crippen LogP contribution in [-0.2, 0) is 0 Å². The monoisotopic (exact) mass is 299 g/mol. The fourth-order valence-electron chi connectivity index (χ4n) is 5.54. The number of carbonyl (C=O) groups is 1. The van der Waals surface area contributed by atoms with Crippen molar-refractivity contribution in [3.05, 3.63) is 29.3 Å². The van der Waals surface area contributed by atoms with Crippen molar-refractivity contribution < 1.29 is 9.53 Å². The SMILES string of the molecule is COc1cc(C(=O)NC23CC4CC(CC(C4)C2)C3)ccc1C. The summed E-state index contributed by atoms with van der Waals surface area (Å²) in [6.45, 7) is 2.00. The second-order valence-electron chi connectivity index (χ2n) is 7.84. The molecular formula is C19H25NO2. The number of amides is 1. The number of aryl methyl sites for hydroxylation is 1. The predicted octanol–water partition coefficient (Wildman–Crippen LogP) is 3.70. The quantitative estimate of drug-likeness (QED) is 0.924. The van der Waals surface area contributed by atoms with Gasteiger partial charge in [-0.05, 0) is 80.9 Å². The highest BCUT2D eigenvalue weighted by Gasteiger charge is 2.51. The fraction of sp³-hybridized carbons (Fsp3) is 0.632. The zero-order chi connectivity index (χ0) is 15.3. The molecule has 0 atom stereocenters. The van der Waals surface area contributed by atoms with Gasteiger partial charge in [-0.3, -0.25) is 4.79 Å². The Bertz CT molecular complexity index is 572. The number of methoxy groups -OCH3 is 1. The van der Waals surface area contributed by atoms with Crippen LogP contribution in [0.2, 0.25) is 0 Å². The van der Waals surface area contributed by atoms with Gasteiger partial charge in [-0.25, -0.2) is 0 Å². The molecule has 0 aliphatic heterocycles. The van der Waals surface area contributed by atoms with Crippen LogP contribution in [0.4, 0.5) is 0 Å². The first kappa shape index (κ1) is 14.1. The molecule has 0 heterocycles. The van der Waals surface area contributed by atoms with Crippen molar-refractivity contribution in [1.82, 2.24) is 5.32 Å². The summed E-state index contributed by atoms with van der Waals surface area (Å²) >= 11 is 0. The number of hydrogen-bond acceptors (Lipinski definition) is 2. The lowest BCUT2D eigenvalue weighted by molar-refractivity contribution is -0.0167. The van der Waals surface area contributed by atoms with E-state index in [-0.39, 0.29) is 11.4 Å². The van der Waals surface area contributed by atoms with Gasteiger partial charge in [-0.2, -0.15) is 0 Å². The highest BCUT2D eigenvalue weighted by atomic mass is 16.5. The second-order valence-corrected chi connectivity index (χ2v) is 7.84.